The van der Waals surface area contributed by atoms with Crippen LogP contribution in [0.2, 0.25) is 8.67 Å². The molecule has 0 saturated heterocycles. The van der Waals surface area contributed by atoms with Crippen molar-refractivity contribution in [2.24, 2.45) is 0 Å². The number of thioether (sulfide) groups is 1. The molecule has 0 radical (unpaired) electrons. The maximum Gasteiger partial charge on any atom is 0.175 e. The van der Waals surface area contributed by atoms with Crippen molar-refractivity contribution in [1.82, 2.24) is 9.97 Å². The van der Waals surface area contributed by atoms with Gasteiger partial charge in [0.1, 0.15) is 20.0 Å². The van der Waals surface area contributed by atoms with Crippen LogP contribution in [-0.2, 0) is 0 Å². The van der Waals surface area contributed by atoms with Gasteiger partial charge < -0.3 is 0 Å². The molecular weight excluding hydrogens is 391 g/mol. The van der Waals surface area contributed by atoms with Gasteiger partial charge in [-0.25, -0.2) is 9.97 Å². The van der Waals surface area contributed by atoms with Gasteiger partial charge in [0, 0.05) is 15.8 Å². The van der Waals surface area contributed by atoms with Gasteiger partial charge in [-0.1, -0.05) is 35.0 Å². The van der Waals surface area contributed by atoms with E-state index >= 15 is 0 Å². The molecule has 3 heterocycles. The molecule has 120 valence electrons. The molecule has 0 aliphatic carbocycles. The lowest BCUT2D eigenvalue weighted by Crippen LogP contribution is -2.02. The van der Waals surface area contributed by atoms with E-state index in [1.54, 1.807) is 17.4 Å². The highest BCUT2D eigenvalue weighted by Gasteiger charge is 2.18. The summed E-state index contributed by atoms with van der Waals surface area (Å²) in [6, 6.07) is 1.62. The van der Waals surface area contributed by atoms with Gasteiger partial charge in [0.05, 0.1) is 10.1 Å². The average Bonchev–Trinajstić information content (AvgIpc) is 2.95. The molecule has 3 rings (SSSR count). The Hall–Kier alpha value is -0.660. The molecular formula is C15H12Cl2N2OS3. The van der Waals surface area contributed by atoms with Gasteiger partial charge in [-0.2, -0.15) is 0 Å². The standard InChI is InChI=1S/C15H12Cl2N2OS3/c1-6-7(2)22-15-12(6)14(18-8(3)19-15)21-5-10(20)9-4-11(16)23-13(9)17/h4H,5H2,1-3H3. The molecule has 0 fully saturated rings. The molecule has 8 heteroatoms. The summed E-state index contributed by atoms with van der Waals surface area (Å²) in [6.07, 6.45) is 0. The van der Waals surface area contributed by atoms with Crippen LogP contribution in [0.1, 0.15) is 26.6 Å². The summed E-state index contributed by atoms with van der Waals surface area (Å²) < 4.78 is 0.958. The number of hydrogen-bond donors (Lipinski definition) is 0. The van der Waals surface area contributed by atoms with Crippen molar-refractivity contribution in [3.8, 4) is 0 Å². The molecule has 0 spiro atoms. The number of Topliss-reactive ketones (excluding diaryl/α,β-unsaturated/α-hetero) is 1. The van der Waals surface area contributed by atoms with Crippen LogP contribution >= 0.6 is 57.6 Å². The van der Waals surface area contributed by atoms with Crippen LogP contribution in [0.5, 0.6) is 0 Å². The first-order valence-corrected chi connectivity index (χ1v) is 10.1. The van der Waals surface area contributed by atoms with Crippen LogP contribution < -0.4 is 0 Å². The first-order chi connectivity index (χ1) is 10.9. The molecule has 3 nitrogen and oxygen atoms in total. The van der Waals surface area contributed by atoms with Crippen LogP contribution in [0.3, 0.4) is 0 Å². The summed E-state index contributed by atoms with van der Waals surface area (Å²) in [7, 11) is 0. The fourth-order valence-corrected chi connectivity index (χ4v) is 5.81. The number of ketones is 1. The first-order valence-electron chi connectivity index (χ1n) is 6.72. The molecule has 0 atom stereocenters. The second-order valence-corrected chi connectivity index (χ2v) is 9.44. The van der Waals surface area contributed by atoms with Crippen LogP contribution in [0.25, 0.3) is 10.2 Å². The summed E-state index contributed by atoms with van der Waals surface area (Å²) in [5, 5.41) is 1.89. The number of aryl methyl sites for hydroxylation is 3. The third-order valence-corrected chi connectivity index (χ3v) is 6.97. The Kier molecular flexibility index (Phi) is 4.99. The molecule has 0 aliphatic rings. The van der Waals surface area contributed by atoms with E-state index in [-0.39, 0.29) is 11.5 Å². The van der Waals surface area contributed by atoms with E-state index in [9.17, 15) is 4.79 Å². The molecule has 0 N–H and O–H groups in total. The average molecular weight is 403 g/mol. The second kappa shape index (κ2) is 6.69. The van der Waals surface area contributed by atoms with Gasteiger partial charge in [0.15, 0.2) is 5.78 Å². The molecule has 23 heavy (non-hydrogen) atoms. The Morgan fingerprint density at radius 1 is 1.22 bits per heavy atom. The Balaban J connectivity index is 1.90. The van der Waals surface area contributed by atoms with Crippen molar-refractivity contribution < 1.29 is 4.79 Å². The molecule has 0 aromatic carbocycles. The molecule has 0 amide bonds. The van der Waals surface area contributed by atoms with E-state index in [1.807, 2.05) is 6.92 Å². The van der Waals surface area contributed by atoms with Crippen LogP contribution in [0.4, 0.5) is 0 Å². The third kappa shape index (κ3) is 3.42. The number of carbonyl (C=O) groups is 1. The highest BCUT2D eigenvalue weighted by Crippen LogP contribution is 2.36. The van der Waals surface area contributed by atoms with E-state index in [4.69, 9.17) is 23.2 Å². The van der Waals surface area contributed by atoms with E-state index in [0.717, 1.165) is 15.2 Å². The van der Waals surface area contributed by atoms with Gasteiger partial charge in [-0.15, -0.1) is 22.7 Å². The van der Waals surface area contributed by atoms with Crippen molar-refractivity contribution in [2.45, 2.75) is 25.8 Å². The Labute approximate surface area is 156 Å². The van der Waals surface area contributed by atoms with Crippen LogP contribution in [0, 0.1) is 20.8 Å². The van der Waals surface area contributed by atoms with Gasteiger partial charge >= 0.3 is 0 Å². The Morgan fingerprint density at radius 3 is 2.61 bits per heavy atom. The van der Waals surface area contributed by atoms with E-state index in [1.165, 1.54) is 33.5 Å². The topological polar surface area (TPSA) is 42.9 Å². The highest BCUT2D eigenvalue weighted by atomic mass is 35.5. The zero-order valence-corrected chi connectivity index (χ0v) is 16.5. The number of carbonyl (C=O) groups excluding carboxylic acids is 1. The van der Waals surface area contributed by atoms with Gasteiger partial charge in [-0.3, -0.25) is 4.79 Å². The fraction of sp³-hybridized carbons (Fsp3) is 0.267. The minimum atomic E-state index is -0.0443. The predicted octanol–water partition coefficient (Wildman–Crippen LogP) is 5.96. The maximum atomic E-state index is 12.4. The lowest BCUT2D eigenvalue weighted by molar-refractivity contribution is 0.102. The van der Waals surface area contributed by atoms with Crippen molar-refractivity contribution in [3.05, 3.63) is 36.6 Å². The van der Waals surface area contributed by atoms with Crippen LogP contribution in [-0.4, -0.2) is 21.5 Å². The lowest BCUT2D eigenvalue weighted by Gasteiger charge is -2.04. The van der Waals surface area contributed by atoms with Crippen molar-refractivity contribution in [1.29, 1.82) is 0 Å². The van der Waals surface area contributed by atoms with Gasteiger partial charge in [0.2, 0.25) is 0 Å². The summed E-state index contributed by atoms with van der Waals surface area (Å²) in [6.45, 7) is 6.00. The van der Waals surface area contributed by atoms with Gasteiger partial charge in [0.25, 0.3) is 0 Å². The van der Waals surface area contributed by atoms with E-state index < -0.39 is 0 Å². The number of halogens is 2. The predicted molar refractivity (Wildman–Crippen MR) is 101 cm³/mol. The van der Waals surface area contributed by atoms with Crippen molar-refractivity contribution in [2.75, 3.05) is 5.75 Å². The molecule has 3 aromatic rings. The third-order valence-electron chi connectivity index (χ3n) is 3.40. The minimum absolute atomic E-state index is 0.0443. The number of aromatic nitrogens is 2. The number of rotatable bonds is 4. The zero-order chi connectivity index (χ0) is 16.7. The second-order valence-electron chi connectivity index (χ2n) is 4.99. The number of thiophene rings is 2. The first kappa shape index (κ1) is 17.2. The molecule has 0 unspecified atom stereocenters. The van der Waals surface area contributed by atoms with Crippen LogP contribution in [0.15, 0.2) is 11.1 Å². The Bertz CT molecular complexity index is 917. The zero-order valence-electron chi connectivity index (χ0n) is 12.6. The summed E-state index contributed by atoms with van der Waals surface area (Å²) in [4.78, 5) is 23.6. The monoisotopic (exact) mass is 402 g/mol. The molecule has 0 bridgehead atoms. The fourth-order valence-electron chi connectivity index (χ4n) is 2.16. The van der Waals surface area contributed by atoms with E-state index in [2.05, 4.69) is 23.8 Å². The largest absolute Gasteiger partial charge is 0.293 e. The highest BCUT2D eigenvalue weighted by molar-refractivity contribution is 8.00. The van der Waals surface area contributed by atoms with Crippen molar-refractivity contribution in [3.63, 3.8) is 0 Å². The molecule has 3 aromatic heterocycles. The number of fused-ring (bicyclic) bond motifs is 1. The molecule has 0 aliphatic heterocycles. The van der Waals surface area contributed by atoms with Gasteiger partial charge in [-0.05, 0) is 32.4 Å². The van der Waals surface area contributed by atoms with Crippen molar-refractivity contribution >= 4 is 73.6 Å². The normalized spacial score (nSPS) is 11.3. The minimum Gasteiger partial charge on any atom is -0.293 e. The molecule has 0 saturated carbocycles. The SMILES string of the molecule is Cc1nc(SCC(=O)c2cc(Cl)sc2Cl)c2c(C)c(C)sc2n1. The lowest BCUT2D eigenvalue weighted by atomic mass is 10.2. The maximum absolute atomic E-state index is 12.4. The Morgan fingerprint density at radius 2 is 1.96 bits per heavy atom. The smallest absolute Gasteiger partial charge is 0.175 e. The van der Waals surface area contributed by atoms with E-state index in [0.29, 0.717) is 20.1 Å². The number of hydrogen-bond acceptors (Lipinski definition) is 6. The summed E-state index contributed by atoms with van der Waals surface area (Å²) >= 11 is 16.2. The quantitative estimate of drug-likeness (QED) is 0.306. The summed E-state index contributed by atoms with van der Waals surface area (Å²) in [5.41, 5.74) is 1.66. The number of nitrogens with zero attached hydrogens (tertiary/aromatic N) is 2. The summed E-state index contributed by atoms with van der Waals surface area (Å²) in [5.74, 6) is 0.939.